The molecule has 2 aromatic heterocycles. The first kappa shape index (κ1) is 23.2. The average Bonchev–Trinajstić information content (AvgIpc) is 3.25. The van der Waals surface area contributed by atoms with Crippen molar-refractivity contribution in [1.82, 2.24) is 19.6 Å². The zero-order chi connectivity index (χ0) is 22.9. The molecule has 0 aliphatic carbocycles. The fourth-order valence-corrected chi connectivity index (χ4v) is 5.21. The minimum Gasteiger partial charge on any atom is -0.410 e. The van der Waals surface area contributed by atoms with Gasteiger partial charge in [-0.1, -0.05) is 20.8 Å². The summed E-state index contributed by atoms with van der Waals surface area (Å²) in [4.78, 5) is 11.3. The fourth-order valence-electron chi connectivity index (χ4n) is 3.89. The van der Waals surface area contributed by atoms with Crippen LogP contribution in [0, 0.1) is 5.41 Å². The van der Waals surface area contributed by atoms with Crippen LogP contribution in [0.3, 0.4) is 0 Å². The number of morpholine rings is 1. The number of fused-ring (bicyclic) bond motifs is 1. The molecule has 0 saturated carbocycles. The van der Waals surface area contributed by atoms with Gasteiger partial charge < -0.3 is 19.4 Å². The van der Waals surface area contributed by atoms with Crippen molar-refractivity contribution in [3.8, 4) is 0 Å². The minimum atomic E-state index is -0.909. The highest BCUT2D eigenvalue weighted by molar-refractivity contribution is 9.10. The Morgan fingerprint density at radius 2 is 1.94 bits per heavy atom. The van der Waals surface area contributed by atoms with E-state index in [1.54, 1.807) is 10.7 Å². The van der Waals surface area contributed by atoms with Gasteiger partial charge in [-0.05, 0) is 52.6 Å². The van der Waals surface area contributed by atoms with Crippen LogP contribution in [-0.2, 0) is 9.16 Å². The molecule has 1 aromatic carbocycles. The van der Waals surface area contributed by atoms with Gasteiger partial charge in [-0.3, -0.25) is 0 Å². The number of aromatic nitrogens is 4. The lowest BCUT2D eigenvalue weighted by Crippen LogP contribution is -2.38. The van der Waals surface area contributed by atoms with Crippen molar-refractivity contribution in [1.29, 1.82) is 0 Å². The number of halogens is 1. The van der Waals surface area contributed by atoms with E-state index in [0.29, 0.717) is 11.5 Å². The van der Waals surface area contributed by atoms with E-state index >= 15 is 0 Å². The topological polar surface area (TPSA) is 76.8 Å². The van der Waals surface area contributed by atoms with Gasteiger partial charge in [0.1, 0.15) is 10.9 Å². The Morgan fingerprint density at radius 1 is 1.19 bits per heavy atom. The molecule has 3 heterocycles. The number of anilines is 3. The van der Waals surface area contributed by atoms with E-state index in [2.05, 4.69) is 93.3 Å². The Bertz CT molecular complexity index is 1080. The standard InChI is InChI=1S/C22H30BrN6O2Si/c1-22(2,3)19(31-32(4)5)16-12-15(6-7-17(16)28-8-10-30-11-9-28)27-20-21-25-14-26-29(21)18(23)13-24-20/h6-7,12-14,19H,8-11H2,1-5H3,(H,24,27). The van der Waals surface area contributed by atoms with Crippen LogP contribution in [0.15, 0.2) is 35.3 Å². The summed E-state index contributed by atoms with van der Waals surface area (Å²) in [6.07, 6.45) is 3.21. The summed E-state index contributed by atoms with van der Waals surface area (Å²) in [5, 5.41) is 7.69. The zero-order valence-electron chi connectivity index (χ0n) is 19.2. The quantitative estimate of drug-likeness (QED) is 0.469. The van der Waals surface area contributed by atoms with Crippen LogP contribution in [-0.4, -0.2) is 54.9 Å². The Balaban J connectivity index is 1.76. The highest BCUT2D eigenvalue weighted by atomic mass is 79.9. The molecule has 1 N–H and O–H groups in total. The van der Waals surface area contributed by atoms with Gasteiger partial charge in [-0.15, -0.1) is 0 Å². The zero-order valence-corrected chi connectivity index (χ0v) is 21.8. The van der Waals surface area contributed by atoms with E-state index in [0.717, 1.165) is 36.6 Å². The fraction of sp³-hybridized carbons (Fsp3) is 0.500. The number of ether oxygens (including phenoxy) is 1. The number of nitrogens with one attached hydrogen (secondary N) is 1. The van der Waals surface area contributed by atoms with Crippen LogP contribution >= 0.6 is 15.9 Å². The van der Waals surface area contributed by atoms with Crippen molar-refractivity contribution in [2.24, 2.45) is 5.41 Å². The van der Waals surface area contributed by atoms with Crippen LogP contribution < -0.4 is 10.2 Å². The van der Waals surface area contributed by atoms with E-state index < -0.39 is 9.04 Å². The van der Waals surface area contributed by atoms with Crippen molar-refractivity contribution in [3.05, 3.63) is 40.9 Å². The summed E-state index contributed by atoms with van der Waals surface area (Å²) in [5.41, 5.74) is 3.94. The SMILES string of the molecule is C[Si](C)OC(c1cc(Nc2ncc(Br)n3ncnc23)ccc1N1CCOCC1)C(C)(C)C. The lowest BCUT2D eigenvalue weighted by atomic mass is 9.83. The van der Waals surface area contributed by atoms with Gasteiger partial charge in [0.05, 0.1) is 25.5 Å². The normalized spacial score (nSPS) is 16.0. The molecule has 1 aliphatic heterocycles. The predicted octanol–water partition coefficient (Wildman–Crippen LogP) is 4.82. The smallest absolute Gasteiger partial charge is 0.205 e. The predicted molar refractivity (Wildman–Crippen MR) is 132 cm³/mol. The van der Waals surface area contributed by atoms with E-state index in [1.165, 1.54) is 17.6 Å². The third-order valence-corrected chi connectivity index (χ3v) is 6.57. The third-order valence-electron chi connectivity index (χ3n) is 5.33. The summed E-state index contributed by atoms with van der Waals surface area (Å²) < 4.78 is 14.6. The first-order chi connectivity index (χ1) is 15.2. The summed E-state index contributed by atoms with van der Waals surface area (Å²) in [7, 11) is -0.909. The minimum absolute atomic E-state index is 0.0306. The van der Waals surface area contributed by atoms with Crippen molar-refractivity contribution < 1.29 is 9.16 Å². The summed E-state index contributed by atoms with van der Waals surface area (Å²) >= 11 is 3.47. The van der Waals surface area contributed by atoms with Gasteiger partial charge in [0.2, 0.25) is 9.04 Å². The van der Waals surface area contributed by atoms with Gasteiger partial charge in [0.25, 0.3) is 0 Å². The molecule has 0 bridgehead atoms. The molecule has 1 unspecified atom stereocenters. The highest BCUT2D eigenvalue weighted by Gasteiger charge is 2.32. The lowest BCUT2D eigenvalue weighted by Gasteiger charge is -2.38. The third kappa shape index (κ3) is 4.98. The Labute approximate surface area is 199 Å². The van der Waals surface area contributed by atoms with E-state index in [9.17, 15) is 0 Å². The molecule has 0 amide bonds. The first-order valence-electron chi connectivity index (χ1n) is 10.8. The molecule has 1 aliphatic rings. The van der Waals surface area contributed by atoms with Crippen molar-refractivity contribution in [3.63, 3.8) is 0 Å². The molecule has 8 nitrogen and oxygen atoms in total. The number of hydrogen-bond donors (Lipinski definition) is 1. The molecule has 10 heteroatoms. The van der Waals surface area contributed by atoms with Gasteiger partial charge in [0.15, 0.2) is 11.5 Å². The second kappa shape index (κ2) is 9.46. The number of benzene rings is 1. The number of hydrogen-bond acceptors (Lipinski definition) is 7. The van der Waals surface area contributed by atoms with Gasteiger partial charge in [-0.2, -0.15) is 5.10 Å². The highest BCUT2D eigenvalue weighted by Crippen LogP contribution is 2.42. The molecule has 1 fully saturated rings. The van der Waals surface area contributed by atoms with Crippen LogP contribution in [0.2, 0.25) is 13.1 Å². The average molecular weight is 519 g/mol. The Morgan fingerprint density at radius 3 is 2.62 bits per heavy atom. The maximum atomic E-state index is 6.58. The van der Waals surface area contributed by atoms with Crippen molar-refractivity contribution in [2.75, 3.05) is 36.5 Å². The molecule has 4 rings (SSSR count). The number of rotatable bonds is 6. The maximum Gasteiger partial charge on any atom is 0.205 e. The van der Waals surface area contributed by atoms with Crippen LogP contribution in [0.5, 0.6) is 0 Å². The Hall–Kier alpha value is -2.01. The second-order valence-electron chi connectivity index (χ2n) is 9.20. The van der Waals surface area contributed by atoms with Crippen LogP contribution in [0.1, 0.15) is 32.4 Å². The van der Waals surface area contributed by atoms with E-state index in [-0.39, 0.29) is 11.5 Å². The van der Waals surface area contributed by atoms with Crippen molar-refractivity contribution >= 4 is 47.8 Å². The molecular weight excluding hydrogens is 488 g/mol. The monoisotopic (exact) mass is 517 g/mol. The van der Waals surface area contributed by atoms with Crippen LogP contribution in [0.4, 0.5) is 17.2 Å². The second-order valence-corrected chi connectivity index (χ2v) is 12.1. The van der Waals surface area contributed by atoms with Crippen molar-refractivity contribution in [2.45, 2.75) is 40.0 Å². The Kier molecular flexibility index (Phi) is 6.85. The number of nitrogens with zero attached hydrogens (tertiary/aromatic N) is 5. The molecular formula is C22H30BrN6O2Si. The summed E-state index contributed by atoms with van der Waals surface area (Å²) in [6.45, 7) is 14.3. The molecule has 3 aromatic rings. The molecule has 171 valence electrons. The molecule has 32 heavy (non-hydrogen) atoms. The summed E-state index contributed by atoms with van der Waals surface area (Å²) in [6, 6.07) is 6.47. The van der Waals surface area contributed by atoms with E-state index in [4.69, 9.17) is 9.16 Å². The molecule has 1 saturated heterocycles. The van der Waals surface area contributed by atoms with Gasteiger partial charge in [-0.25, -0.2) is 14.5 Å². The largest absolute Gasteiger partial charge is 0.410 e. The molecule has 0 spiro atoms. The van der Waals surface area contributed by atoms with Gasteiger partial charge in [0, 0.05) is 30.0 Å². The van der Waals surface area contributed by atoms with E-state index in [1.807, 2.05) is 0 Å². The molecule has 1 atom stereocenters. The van der Waals surface area contributed by atoms with Gasteiger partial charge >= 0.3 is 0 Å². The first-order valence-corrected chi connectivity index (χ1v) is 14.0. The maximum absolute atomic E-state index is 6.58. The molecule has 1 radical (unpaired) electrons. The summed E-state index contributed by atoms with van der Waals surface area (Å²) in [5.74, 6) is 0.653. The lowest BCUT2D eigenvalue weighted by molar-refractivity contribution is 0.0861. The van der Waals surface area contributed by atoms with Crippen LogP contribution in [0.25, 0.3) is 5.65 Å².